The van der Waals surface area contributed by atoms with Crippen molar-refractivity contribution in [1.82, 2.24) is 15.5 Å². The number of esters is 1. The number of carbonyl (C=O) groups excluding carboxylic acids is 4. The summed E-state index contributed by atoms with van der Waals surface area (Å²) in [6.45, 7) is 2.96. The maximum absolute atomic E-state index is 13.0. The third-order valence-electron chi connectivity index (χ3n) is 4.91. The van der Waals surface area contributed by atoms with Gasteiger partial charge in [0.25, 0.3) is 5.91 Å². The lowest BCUT2D eigenvalue weighted by molar-refractivity contribution is -0.173. The molecule has 0 saturated carbocycles. The molecule has 2 aliphatic heterocycles. The molecule has 3 atom stereocenters. The highest BCUT2D eigenvalue weighted by atomic mass is 35.6. The molecule has 3 amide bonds. The minimum atomic E-state index is -1.83. The van der Waals surface area contributed by atoms with Crippen LogP contribution in [0.4, 0.5) is 4.79 Å². The zero-order chi connectivity index (χ0) is 23.7. The van der Waals surface area contributed by atoms with Crippen LogP contribution in [0.15, 0.2) is 30.3 Å². The van der Waals surface area contributed by atoms with Gasteiger partial charge in [0.05, 0.1) is 0 Å². The molecule has 2 aliphatic rings. The first kappa shape index (κ1) is 24.8. The molecular formula is C19H20Cl3N3O6S. The summed E-state index contributed by atoms with van der Waals surface area (Å²) in [5.74, 6) is -1.23. The summed E-state index contributed by atoms with van der Waals surface area (Å²) < 4.78 is 7.58. The van der Waals surface area contributed by atoms with Gasteiger partial charge >= 0.3 is 12.1 Å². The summed E-state index contributed by atoms with van der Waals surface area (Å²) in [6, 6.07) is 6.86. The van der Waals surface area contributed by atoms with Crippen molar-refractivity contribution in [1.29, 1.82) is 0 Å². The molecule has 2 saturated heterocycles. The molecule has 2 N–H and O–H groups in total. The summed E-state index contributed by atoms with van der Waals surface area (Å²) in [4.78, 5) is 49.2. The normalized spacial score (nSPS) is 25.9. The second-order valence-electron chi connectivity index (χ2n) is 7.64. The number of thioether (sulfide) groups is 1. The van der Waals surface area contributed by atoms with Crippen molar-refractivity contribution in [3.8, 4) is 0 Å². The molecule has 32 heavy (non-hydrogen) atoms. The van der Waals surface area contributed by atoms with Crippen LogP contribution in [-0.2, 0) is 30.5 Å². The predicted octanol–water partition coefficient (Wildman–Crippen LogP) is 2.33. The van der Waals surface area contributed by atoms with E-state index < -0.39 is 50.2 Å². The maximum Gasteiger partial charge on any atom is 0.408 e. The largest absolute Gasteiger partial charge is 0.459 e. The molecular weight excluding hydrogens is 505 g/mol. The number of hydrogen-bond donors (Lipinski definition) is 2. The Kier molecular flexibility index (Phi) is 7.09. The molecule has 1 aromatic rings. The van der Waals surface area contributed by atoms with Crippen LogP contribution >= 0.6 is 46.6 Å². The molecule has 0 bridgehead atoms. The molecule has 3 rings (SSSR count). The Morgan fingerprint density at radius 1 is 1.22 bits per heavy atom. The molecule has 2 heterocycles. The lowest BCUT2D eigenvalue weighted by Gasteiger charge is -2.52. The molecule has 13 heteroatoms. The second kappa shape index (κ2) is 9.17. The Balaban J connectivity index is 1.76. The molecule has 0 aliphatic carbocycles. The number of alkyl halides is 3. The monoisotopic (exact) mass is 523 g/mol. The third-order valence-corrected chi connectivity index (χ3v) is 6.85. The summed E-state index contributed by atoms with van der Waals surface area (Å²) in [5.41, 5.74) is 0.785. The van der Waals surface area contributed by atoms with E-state index in [1.807, 2.05) is 18.2 Å². The van der Waals surface area contributed by atoms with Crippen LogP contribution in [-0.4, -0.2) is 61.5 Å². The first-order valence-electron chi connectivity index (χ1n) is 9.36. The van der Waals surface area contributed by atoms with E-state index in [9.17, 15) is 19.2 Å². The fraction of sp³-hybridized carbons (Fsp3) is 0.474. The van der Waals surface area contributed by atoms with E-state index in [-0.39, 0.29) is 6.61 Å². The van der Waals surface area contributed by atoms with Crippen molar-refractivity contribution in [2.45, 2.75) is 46.1 Å². The Labute approximate surface area is 203 Å². The highest BCUT2D eigenvalue weighted by molar-refractivity contribution is 8.02. The van der Waals surface area contributed by atoms with E-state index in [0.29, 0.717) is 6.41 Å². The van der Waals surface area contributed by atoms with E-state index in [1.54, 1.807) is 26.0 Å². The fourth-order valence-corrected chi connectivity index (χ4v) is 5.63. The van der Waals surface area contributed by atoms with Crippen molar-refractivity contribution in [3.63, 3.8) is 0 Å². The summed E-state index contributed by atoms with van der Waals surface area (Å²) in [6.07, 6.45) is -0.628. The van der Waals surface area contributed by atoms with Gasteiger partial charge in [0.2, 0.25) is 10.2 Å². The van der Waals surface area contributed by atoms with Crippen LogP contribution in [0.3, 0.4) is 0 Å². The number of amides is 3. The second-order valence-corrected chi connectivity index (χ2v) is 12.0. The van der Waals surface area contributed by atoms with E-state index in [2.05, 4.69) is 10.6 Å². The quantitative estimate of drug-likeness (QED) is 0.243. The van der Waals surface area contributed by atoms with Gasteiger partial charge in [0, 0.05) is 4.75 Å². The van der Waals surface area contributed by atoms with Crippen LogP contribution in [0, 0.1) is 0 Å². The van der Waals surface area contributed by atoms with Gasteiger partial charge in [0.15, 0.2) is 11.0 Å². The number of hydrogen-bond acceptors (Lipinski definition) is 7. The minimum Gasteiger partial charge on any atom is -0.459 e. The lowest BCUT2D eigenvalue weighted by atomic mass is 9.93. The van der Waals surface area contributed by atoms with Crippen molar-refractivity contribution < 1.29 is 28.7 Å². The number of benzene rings is 1. The minimum absolute atomic E-state index is 0.0259. The molecule has 9 nitrogen and oxygen atoms in total. The number of rotatable bonds is 7. The number of alkyl carbamates (subject to hydrolysis) is 1. The highest BCUT2D eigenvalue weighted by Gasteiger charge is 2.74. The molecule has 2 fully saturated rings. The van der Waals surface area contributed by atoms with Crippen LogP contribution < -0.4 is 10.6 Å². The molecule has 174 valence electrons. The van der Waals surface area contributed by atoms with E-state index in [4.69, 9.17) is 44.3 Å². The number of nitrogens with one attached hydrogen (secondary N) is 2. The van der Waals surface area contributed by atoms with E-state index in [1.165, 1.54) is 4.90 Å². The van der Waals surface area contributed by atoms with Crippen molar-refractivity contribution >= 4 is 70.9 Å². The van der Waals surface area contributed by atoms with Crippen molar-refractivity contribution in [3.05, 3.63) is 35.9 Å². The summed E-state index contributed by atoms with van der Waals surface area (Å²) in [7, 11) is 0. The Morgan fingerprint density at radius 2 is 1.88 bits per heavy atom. The molecule has 1 aromatic carbocycles. The number of fused-ring (bicyclic) bond motifs is 1. The van der Waals surface area contributed by atoms with Gasteiger partial charge in [-0.1, -0.05) is 65.1 Å². The van der Waals surface area contributed by atoms with Gasteiger partial charge in [-0.15, -0.1) is 11.8 Å². The van der Waals surface area contributed by atoms with Gasteiger partial charge in [-0.05, 0) is 19.4 Å². The lowest BCUT2D eigenvalue weighted by Crippen LogP contribution is -2.82. The standard InChI is InChI=1S/C19H20Cl3N3O6S/c1-17(2)13(15(28)30-8-11-6-4-3-5-7-11)25-14(27)12(19(25,32-17)23-10-26)24-16(29)31-9-18(20,21)22/h3-7,10,12-13H,8-9H2,1-2H3,(H,23,26)(H,24,29)/t12-,13-,19?/m0/s1. The SMILES string of the molecule is CC1(C)SC2(NC=O)[C@@H](NC(=O)OCC(Cl)(Cl)Cl)C(=O)N2[C@H]1C(=O)OCc1ccccc1. The van der Waals surface area contributed by atoms with Crippen LogP contribution in [0.2, 0.25) is 0 Å². The smallest absolute Gasteiger partial charge is 0.408 e. The van der Waals surface area contributed by atoms with E-state index in [0.717, 1.165) is 17.3 Å². The van der Waals surface area contributed by atoms with Gasteiger partial charge in [-0.25, -0.2) is 9.59 Å². The number of ether oxygens (including phenoxy) is 2. The topological polar surface area (TPSA) is 114 Å². The third kappa shape index (κ3) is 4.88. The molecule has 0 radical (unpaired) electrons. The average molecular weight is 525 g/mol. The zero-order valence-corrected chi connectivity index (χ0v) is 20.1. The van der Waals surface area contributed by atoms with Crippen molar-refractivity contribution in [2.75, 3.05) is 6.61 Å². The average Bonchev–Trinajstić information content (AvgIpc) is 2.93. The Morgan fingerprint density at radius 3 is 2.47 bits per heavy atom. The number of halogens is 3. The first-order chi connectivity index (χ1) is 14.9. The van der Waals surface area contributed by atoms with E-state index >= 15 is 0 Å². The van der Waals surface area contributed by atoms with Gasteiger partial charge < -0.3 is 20.1 Å². The van der Waals surface area contributed by atoms with Crippen LogP contribution in [0.25, 0.3) is 0 Å². The first-order valence-corrected chi connectivity index (χ1v) is 11.3. The molecule has 0 spiro atoms. The Bertz CT molecular complexity index is 913. The van der Waals surface area contributed by atoms with Gasteiger partial charge in [0.1, 0.15) is 19.3 Å². The maximum atomic E-state index is 13.0. The Hall–Kier alpha value is -1.88. The van der Waals surface area contributed by atoms with Crippen molar-refractivity contribution in [2.24, 2.45) is 0 Å². The predicted molar refractivity (Wildman–Crippen MR) is 119 cm³/mol. The zero-order valence-electron chi connectivity index (χ0n) is 17.0. The summed E-state index contributed by atoms with van der Waals surface area (Å²) >= 11 is 17.8. The number of β-lactam (4-membered cyclic amide) rings is 1. The van der Waals surface area contributed by atoms with Gasteiger partial charge in [-0.2, -0.15) is 0 Å². The number of nitrogens with zero attached hydrogens (tertiary/aromatic N) is 1. The van der Waals surface area contributed by atoms with Crippen LogP contribution in [0.1, 0.15) is 19.4 Å². The molecule has 1 unspecified atom stereocenters. The highest BCUT2D eigenvalue weighted by Crippen LogP contribution is 2.57. The van der Waals surface area contributed by atoms with Crippen LogP contribution in [0.5, 0.6) is 0 Å². The number of carbonyl (C=O) groups is 4. The van der Waals surface area contributed by atoms with Gasteiger partial charge in [-0.3, -0.25) is 14.5 Å². The fourth-order valence-electron chi connectivity index (χ4n) is 3.67. The molecule has 0 aromatic heterocycles. The summed E-state index contributed by atoms with van der Waals surface area (Å²) in [5, 5.41) is 4.93.